The standard InChI is InChI=1S/C15H14ClN5O/c1-8-6-11(16)4-5-12(8)18-14(22)13-19-15-17-9(2)7-10(3)21(15)20-13/h4-7H,1-3H3,(H,18,22). The van der Waals surface area contributed by atoms with Crippen molar-refractivity contribution in [1.82, 2.24) is 19.6 Å². The van der Waals surface area contributed by atoms with E-state index in [1.807, 2.05) is 26.8 Å². The Balaban J connectivity index is 1.93. The third-order valence-corrected chi connectivity index (χ3v) is 3.49. The molecule has 2 aromatic heterocycles. The molecule has 0 unspecified atom stereocenters. The van der Waals surface area contributed by atoms with Crippen LogP contribution in [-0.2, 0) is 0 Å². The minimum Gasteiger partial charge on any atom is -0.319 e. The second-order valence-corrected chi connectivity index (χ2v) is 5.54. The summed E-state index contributed by atoms with van der Waals surface area (Å²) in [6.07, 6.45) is 0. The van der Waals surface area contributed by atoms with Crippen LogP contribution in [-0.4, -0.2) is 25.5 Å². The Kier molecular flexibility index (Phi) is 3.54. The van der Waals surface area contributed by atoms with Gasteiger partial charge in [0, 0.05) is 22.1 Å². The van der Waals surface area contributed by atoms with E-state index in [2.05, 4.69) is 20.4 Å². The van der Waals surface area contributed by atoms with E-state index in [1.54, 1.807) is 22.7 Å². The van der Waals surface area contributed by atoms with Gasteiger partial charge in [0.1, 0.15) is 0 Å². The van der Waals surface area contributed by atoms with Gasteiger partial charge in [0.2, 0.25) is 5.82 Å². The van der Waals surface area contributed by atoms with E-state index in [1.165, 1.54) is 0 Å². The number of fused-ring (bicyclic) bond motifs is 1. The van der Waals surface area contributed by atoms with Crippen LogP contribution in [0, 0.1) is 20.8 Å². The van der Waals surface area contributed by atoms with Gasteiger partial charge in [-0.05, 0) is 50.6 Å². The fourth-order valence-corrected chi connectivity index (χ4v) is 2.43. The van der Waals surface area contributed by atoms with Gasteiger partial charge in [-0.25, -0.2) is 9.50 Å². The first-order valence-electron chi connectivity index (χ1n) is 6.72. The van der Waals surface area contributed by atoms with Crippen molar-refractivity contribution in [3.05, 3.63) is 52.1 Å². The Morgan fingerprint density at radius 3 is 2.68 bits per heavy atom. The Morgan fingerprint density at radius 1 is 1.18 bits per heavy atom. The van der Waals surface area contributed by atoms with Crippen molar-refractivity contribution in [2.24, 2.45) is 0 Å². The summed E-state index contributed by atoms with van der Waals surface area (Å²) in [6, 6.07) is 7.13. The molecule has 0 radical (unpaired) electrons. The molecule has 3 rings (SSSR count). The first kappa shape index (κ1) is 14.5. The van der Waals surface area contributed by atoms with E-state index in [0.717, 1.165) is 17.0 Å². The molecule has 0 fully saturated rings. The van der Waals surface area contributed by atoms with Crippen LogP contribution in [0.15, 0.2) is 24.3 Å². The van der Waals surface area contributed by atoms with E-state index in [0.29, 0.717) is 16.5 Å². The predicted octanol–water partition coefficient (Wildman–Crippen LogP) is 2.96. The van der Waals surface area contributed by atoms with E-state index < -0.39 is 0 Å². The molecular formula is C15H14ClN5O. The minimum atomic E-state index is -0.382. The molecule has 7 heteroatoms. The van der Waals surface area contributed by atoms with Gasteiger partial charge in [0.05, 0.1) is 0 Å². The SMILES string of the molecule is Cc1cc(C)n2nc(C(=O)Nc3ccc(Cl)cc3C)nc2n1. The van der Waals surface area contributed by atoms with Crippen LogP contribution in [0.2, 0.25) is 5.02 Å². The maximum atomic E-state index is 12.3. The molecule has 6 nitrogen and oxygen atoms in total. The van der Waals surface area contributed by atoms with Crippen molar-refractivity contribution < 1.29 is 4.79 Å². The van der Waals surface area contributed by atoms with Crippen molar-refractivity contribution in [1.29, 1.82) is 0 Å². The first-order valence-corrected chi connectivity index (χ1v) is 7.10. The Hall–Kier alpha value is -2.47. The molecule has 3 aromatic rings. The molecule has 1 aromatic carbocycles. The largest absolute Gasteiger partial charge is 0.319 e. The van der Waals surface area contributed by atoms with Crippen LogP contribution in [0.25, 0.3) is 5.78 Å². The number of carbonyl (C=O) groups excluding carboxylic acids is 1. The molecule has 2 heterocycles. The lowest BCUT2D eigenvalue weighted by atomic mass is 10.2. The first-order chi connectivity index (χ1) is 10.4. The van der Waals surface area contributed by atoms with Crippen LogP contribution in [0.1, 0.15) is 27.6 Å². The lowest BCUT2D eigenvalue weighted by molar-refractivity contribution is 0.101. The van der Waals surface area contributed by atoms with Gasteiger partial charge in [-0.2, -0.15) is 4.98 Å². The summed E-state index contributed by atoms with van der Waals surface area (Å²) < 4.78 is 1.55. The number of nitrogens with zero attached hydrogens (tertiary/aromatic N) is 4. The molecule has 0 atom stereocenters. The van der Waals surface area contributed by atoms with Crippen molar-refractivity contribution in [3.8, 4) is 0 Å². The number of amides is 1. The zero-order valence-electron chi connectivity index (χ0n) is 12.4. The predicted molar refractivity (Wildman–Crippen MR) is 84.4 cm³/mol. The number of hydrogen-bond acceptors (Lipinski definition) is 4. The highest BCUT2D eigenvalue weighted by Crippen LogP contribution is 2.20. The molecule has 22 heavy (non-hydrogen) atoms. The fraction of sp³-hybridized carbons (Fsp3) is 0.200. The van der Waals surface area contributed by atoms with Crippen LogP contribution < -0.4 is 5.32 Å². The highest BCUT2D eigenvalue weighted by molar-refractivity contribution is 6.30. The third-order valence-electron chi connectivity index (χ3n) is 3.26. The van der Waals surface area contributed by atoms with Crippen molar-refractivity contribution >= 4 is 29.0 Å². The van der Waals surface area contributed by atoms with Gasteiger partial charge in [-0.3, -0.25) is 4.79 Å². The molecule has 112 valence electrons. The van der Waals surface area contributed by atoms with E-state index in [9.17, 15) is 4.79 Å². The van der Waals surface area contributed by atoms with Gasteiger partial charge in [0.25, 0.3) is 11.7 Å². The number of benzene rings is 1. The molecular weight excluding hydrogens is 302 g/mol. The molecule has 0 aliphatic rings. The Labute approximate surface area is 132 Å². The van der Waals surface area contributed by atoms with E-state index in [4.69, 9.17) is 11.6 Å². The van der Waals surface area contributed by atoms with Gasteiger partial charge in [-0.1, -0.05) is 11.6 Å². The number of carbonyl (C=O) groups is 1. The smallest absolute Gasteiger partial charge is 0.295 e. The molecule has 0 saturated carbocycles. The summed E-state index contributed by atoms with van der Waals surface area (Å²) >= 11 is 5.91. The number of aryl methyl sites for hydroxylation is 3. The van der Waals surface area contributed by atoms with E-state index >= 15 is 0 Å². The van der Waals surface area contributed by atoms with Crippen LogP contribution in [0.5, 0.6) is 0 Å². The number of halogens is 1. The van der Waals surface area contributed by atoms with Crippen LogP contribution >= 0.6 is 11.6 Å². The van der Waals surface area contributed by atoms with Crippen LogP contribution in [0.4, 0.5) is 5.69 Å². The lowest BCUT2D eigenvalue weighted by Crippen LogP contribution is -2.14. The summed E-state index contributed by atoms with van der Waals surface area (Å²) in [4.78, 5) is 20.8. The average Bonchev–Trinajstić information content (AvgIpc) is 2.86. The van der Waals surface area contributed by atoms with E-state index in [-0.39, 0.29) is 11.7 Å². The van der Waals surface area contributed by atoms with Crippen molar-refractivity contribution in [2.45, 2.75) is 20.8 Å². The monoisotopic (exact) mass is 315 g/mol. The normalized spacial score (nSPS) is 10.9. The van der Waals surface area contributed by atoms with Gasteiger partial charge in [0.15, 0.2) is 0 Å². The average molecular weight is 316 g/mol. The Bertz CT molecular complexity index is 887. The fourth-order valence-electron chi connectivity index (χ4n) is 2.21. The minimum absolute atomic E-state index is 0.0792. The topological polar surface area (TPSA) is 72.2 Å². The molecule has 0 aliphatic heterocycles. The van der Waals surface area contributed by atoms with Gasteiger partial charge in [-0.15, -0.1) is 5.10 Å². The van der Waals surface area contributed by atoms with Crippen molar-refractivity contribution in [2.75, 3.05) is 5.32 Å². The zero-order chi connectivity index (χ0) is 15.9. The number of aromatic nitrogens is 4. The maximum absolute atomic E-state index is 12.3. The number of rotatable bonds is 2. The number of nitrogens with one attached hydrogen (secondary N) is 1. The quantitative estimate of drug-likeness (QED) is 0.789. The molecule has 1 amide bonds. The molecule has 0 aliphatic carbocycles. The number of hydrogen-bond donors (Lipinski definition) is 1. The summed E-state index contributed by atoms with van der Waals surface area (Å²) in [5, 5.41) is 7.61. The summed E-state index contributed by atoms with van der Waals surface area (Å²) in [5.41, 5.74) is 3.25. The lowest BCUT2D eigenvalue weighted by Gasteiger charge is -2.06. The molecule has 0 spiro atoms. The summed E-state index contributed by atoms with van der Waals surface area (Å²) in [6.45, 7) is 5.63. The highest BCUT2D eigenvalue weighted by Gasteiger charge is 2.15. The second-order valence-electron chi connectivity index (χ2n) is 5.10. The molecule has 0 saturated heterocycles. The van der Waals surface area contributed by atoms with Gasteiger partial charge < -0.3 is 5.32 Å². The second kappa shape index (κ2) is 5.38. The molecule has 0 bridgehead atoms. The summed E-state index contributed by atoms with van der Waals surface area (Å²) in [7, 11) is 0. The van der Waals surface area contributed by atoms with Crippen LogP contribution in [0.3, 0.4) is 0 Å². The molecule has 1 N–H and O–H groups in total. The van der Waals surface area contributed by atoms with Gasteiger partial charge >= 0.3 is 0 Å². The summed E-state index contributed by atoms with van der Waals surface area (Å²) in [5.74, 6) is 0.110. The Morgan fingerprint density at radius 2 is 1.95 bits per heavy atom. The zero-order valence-corrected chi connectivity index (χ0v) is 13.1. The maximum Gasteiger partial charge on any atom is 0.295 e. The van der Waals surface area contributed by atoms with Crippen molar-refractivity contribution in [3.63, 3.8) is 0 Å². The third kappa shape index (κ3) is 2.65. The number of anilines is 1. The highest BCUT2D eigenvalue weighted by atomic mass is 35.5.